The van der Waals surface area contributed by atoms with Crippen molar-refractivity contribution in [1.29, 1.82) is 0 Å². The van der Waals surface area contributed by atoms with Gasteiger partial charge in [0, 0.05) is 30.4 Å². The molecule has 3 nitrogen and oxygen atoms in total. The zero-order valence-electron chi connectivity index (χ0n) is 11.0. The molecule has 1 aliphatic rings. The molecule has 0 aromatic heterocycles. The average molecular weight is 313 g/mol. The van der Waals surface area contributed by atoms with Gasteiger partial charge in [-0.15, -0.1) is 0 Å². The van der Waals surface area contributed by atoms with E-state index < -0.39 is 0 Å². The lowest BCUT2D eigenvalue weighted by molar-refractivity contribution is -0.00745. The SMILES string of the molecule is COC1CN(Cc2ccc(N)c(Br)c2)CCC1C. The first-order chi connectivity index (χ1) is 8.60. The standard InChI is InChI=1S/C14H21BrN2O/c1-10-5-6-17(9-14(10)18-2)8-11-3-4-13(16)12(15)7-11/h3-4,7,10,14H,5-6,8-9,16H2,1-2H3. The van der Waals surface area contributed by atoms with Crippen molar-refractivity contribution in [2.24, 2.45) is 5.92 Å². The average Bonchev–Trinajstić information content (AvgIpc) is 2.36. The van der Waals surface area contributed by atoms with E-state index in [-0.39, 0.29) is 0 Å². The Morgan fingerprint density at radius 1 is 1.50 bits per heavy atom. The van der Waals surface area contributed by atoms with Crippen LogP contribution in [0.4, 0.5) is 5.69 Å². The molecule has 0 bridgehead atoms. The van der Waals surface area contributed by atoms with Crippen molar-refractivity contribution in [3.8, 4) is 0 Å². The monoisotopic (exact) mass is 312 g/mol. The fraction of sp³-hybridized carbons (Fsp3) is 0.571. The molecule has 2 N–H and O–H groups in total. The lowest BCUT2D eigenvalue weighted by Crippen LogP contribution is -2.43. The van der Waals surface area contributed by atoms with Crippen molar-refractivity contribution >= 4 is 21.6 Å². The maximum atomic E-state index is 5.80. The van der Waals surface area contributed by atoms with Crippen LogP contribution < -0.4 is 5.73 Å². The van der Waals surface area contributed by atoms with Crippen LogP contribution in [0, 0.1) is 5.92 Å². The van der Waals surface area contributed by atoms with E-state index in [9.17, 15) is 0 Å². The van der Waals surface area contributed by atoms with Crippen LogP contribution in [0.15, 0.2) is 22.7 Å². The molecule has 0 spiro atoms. The highest BCUT2D eigenvalue weighted by Gasteiger charge is 2.25. The molecule has 2 unspecified atom stereocenters. The number of methoxy groups -OCH3 is 1. The van der Waals surface area contributed by atoms with Gasteiger partial charge in [0.25, 0.3) is 0 Å². The minimum Gasteiger partial charge on any atom is -0.398 e. The number of anilines is 1. The summed E-state index contributed by atoms with van der Waals surface area (Å²) in [4.78, 5) is 2.45. The molecule has 1 fully saturated rings. The van der Waals surface area contributed by atoms with Crippen molar-refractivity contribution in [1.82, 2.24) is 4.90 Å². The lowest BCUT2D eigenvalue weighted by atomic mass is 9.95. The number of piperidine rings is 1. The van der Waals surface area contributed by atoms with Gasteiger partial charge in [-0.25, -0.2) is 0 Å². The Kier molecular flexibility index (Phi) is 4.65. The van der Waals surface area contributed by atoms with Crippen LogP contribution >= 0.6 is 15.9 Å². The highest BCUT2D eigenvalue weighted by Crippen LogP contribution is 2.24. The maximum absolute atomic E-state index is 5.80. The largest absolute Gasteiger partial charge is 0.398 e. The molecule has 1 saturated heterocycles. The Balaban J connectivity index is 1.99. The van der Waals surface area contributed by atoms with E-state index in [1.165, 1.54) is 12.0 Å². The number of hydrogen-bond donors (Lipinski definition) is 1. The summed E-state index contributed by atoms with van der Waals surface area (Å²) in [5.41, 5.74) is 7.89. The third kappa shape index (κ3) is 3.25. The van der Waals surface area contributed by atoms with Gasteiger partial charge in [-0.2, -0.15) is 0 Å². The number of benzene rings is 1. The van der Waals surface area contributed by atoms with Gasteiger partial charge in [0.05, 0.1) is 6.10 Å². The molecule has 1 aromatic rings. The van der Waals surface area contributed by atoms with Crippen molar-refractivity contribution in [2.75, 3.05) is 25.9 Å². The van der Waals surface area contributed by atoms with E-state index in [4.69, 9.17) is 10.5 Å². The third-order valence-corrected chi connectivity index (χ3v) is 4.43. The Morgan fingerprint density at radius 2 is 2.28 bits per heavy atom. The Bertz CT molecular complexity index is 411. The molecular weight excluding hydrogens is 292 g/mol. The predicted octanol–water partition coefficient (Wildman–Crippen LogP) is 2.89. The molecule has 4 heteroatoms. The van der Waals surface area contributed by atoms with Gasteiger partial charge in [-0.1, -0.05) is 13.0 Å². The smallest absolute Gasteiger partial charge is 0.0724 e. The van der Waals surface area contributed by atoms with E-state index in [1.807, 2.05) is 13.2 Å². The van der Waals surface area contributed by atoms with Crippen LogP contribution in [0.3, 0.4) is 0 Å². The molecule has 0 amide bonds. The normalized spacial score (nSPS) is 25.3. The fourth-order valence-electron chi connectivity index (χ4n) is 2.48. The minimum absolute atomic E-state index is 0.357. The van der Waals surface area contributed by atoms with E-state index in [1.54, 1.807) is 0 Å². The Labute approximate surface area is 117 Å². The van der Waals surface area contributed by atoms with Gasteiger partial charge in [0.1, 0.15) is 0 Å². The van der Waals surface area contributed by atoms with Crippen LogP contribution in [0.25, 0.3) is 0 Å². The number of hydrogen-bond acceptors (Lipinski definition) is 3. The second kappa shape index (κ2) is 6.04. The summed E-state index contributed by atoms with van der Waals surface area (Å²) in [6.45, 7) is 5.39. The highest BCUT2D eigenvalue weighted by atomic mass is 79.9. The van der Waals surface area contributed by atoms with Crippen molar-refractivity contribution in [2.45, 2.75) is 26.0 Å². The zero-order chi connectivity index (χ0) is 13.1. The van der Waals surface area contributed by atoms with Gasteiger partial charge in [0.2, 0.25) is 0 Å². The van der Waals surface area contributed by atoms with Gasteiger partial charge in [-0.05, 0) is 52.5 Å². The molecular formula is C14H21BrN2O. The summed E-state index contributed by atoms with van der Waals surface area (Å²) < 4.78 is 6.52. The van der Waals surface area contributed by atoms with Crippen LogP contribution in [0.1, 0.15) is 18.9 Å². The fourth-order valence-corrected chi connectivity index (χ4v) is 2.90. The number of ether oxygens (including phenoxy) is 1. The molecule has 0 saturated carbocycles. The molecule has 1 heterocycles. The molecule has 1 aromatic carbocycles. The zero-order valence-corrected chi connectivity index (χ0v) is 12.6. The Morgan fingerprint density at radius 3 is 2.94 bits per heavy atom. The van der Waals surface area contributed by atoms with E-state index >= 15 is 0 Å². The third-order valence-electron chi connectivity index (χ3n) is 3.75. The number of rotatable bonds is 3. The van der Waals surface area contributed by atoms with Crippen molar-refractivity contribution in [3.05, 3.63) is 28.2 Å². The number of nitrogens with two attached hydrogens (primary N) is 1. The van der Waals surface area contributed by atoms with Gasteiger partial charge >= 0.3 is 0 Å². The second-order valence-electron chi connectivity index (χ2n) is 5.13. The number of nitrogen functional groups attached to an aromatic ring is 1. The molecule has 1 aliphatic heterocycles. The highest BCUT2D eigenvalue weighted by molar-refractivity contribution is 9.10. The summed E-state index contributed by atoms with van der Waals surface area (Å²) >= 11 is 3.48. The number of nitrogens with zero attached hydrogens (tertiary/aromatic N) is 1. The minimum atomic E-state index is 0.357. The summed E-state index contributed by atoms with van der Waals surface area (Å²) in [5.74, 6) is 0.657. The first kappa shape index (κ1) is 13.8. The molecule has 2 atom stereocenters. The van der Waals surface area contributed by atoms with Crippen molar-refractivity contribution < 1.29 is 4.74 Å². The van der Waals surface area contributed by atoms with Gasteiger partial charge in [0.15, 0.2) is 0 Å². The number of likely N-dealkylation sites (tertiary alicyclic amines) is 1. The first-order valence-corrected chi connectivity index (χ1v) is 7.18. The summed E-state index contributed by atoms with van der Waals surface area (Å²) in [5, 5.41) is 0. The topological polar surface area (TPSA) is 38.5 Å². The molecule has 2 rings (SSSR count). The lowest BCUT2D eigenvalue weighted by Gasteiger charge is -2.36. The maximum Gasteiger partial charge on any atom is 0.0724 e. The summed E-state index contributed by atoms with van der Waals surface area (Å²) in [7, 11) is 1.81. The summed E-state index contributed by atoms with van der Waals surface area (Å²) in [6, 6.07) is 6.16. The second-order valence-corrected chi connectivity index (χ2v) is 5.99. The van der Waals surface area contributed by atoms with E-state index in [0.29, 0.717) is 12.0 Å². The van der Waals surface area contributed by atoms with Gasteiger partial charge < -0.3 is 10.5 Å². The quantitative estimate of drug-likeness (QED) is 0.872. The Hall–Kier alpha value is -0.580. The van der Waals surface area contributed by atoms with E-state index in [0.717, 1.165) is 29.8 Å². The van der Waals surface area contributed by atoms with Crippen LogP contribution in [-0.4, -0.2) is 31.2 Å². The van der Waals surface area contributed by atoms with Crippen LogP contribution in [0.5, 0.6) is 0 Å². The predicted molar refractivity (Wildman–Crippen MR) is 78.4 cm³/mol. The molecule has 0 radical (unpaired) electrons. The molecule has 0 aliphatic carbocycles. The first-order valence-electron chi connectivity index (χ1n) is 6.39. The molecule has 18 heavy (non-hydrogen) atoms. The number of halogens is 1. The van der Waals surface area contributed by atoms with Crippen molar-refractivity contribution in [3.63, 3.8) is 0 Å². The van der Waals surface area contributed by atoms with Gasteiger partial charge in [-0.3, -0.25) is 4.90 Å². The molecule has 100 valence electrons. The summed E-state index contributed by atoms with van der Waals surface area (Å²) in [6.07, 6.45) is 1.56. The van der Waals surface area contributed by atoms with E-state index in [2.05, 4.69) is 39.9 Å². The van der Waals surface area contributed by atoms with Crippen LogP contribution in [0.2, 0.25) is 0 Å². The van der Waals surface area contributed by atoms with Crippen LogP contribution in [-0.2, 0) is 11.3 Å².